The number of amides is 1. The molecule has 5 heteroatoms. The van der Waals surface area contributed by atoms with E-state index >= 15 is 0 Å². The van der Waals surface area contributed by atoms with Crippen LogP contribution in [-0.4, -0.2) is 27.7 Å². The molecule has 1 aliphatic carbocycles. The minimum Gasteiger partial charge on any atom is -0.388 e. The van der Waals surface area contributed by atoms with Crippen molar-refractivity contribution in [3.63, 3.8) is 0 Å². The van der Waals surface area contributed by atoms with E-state index in [0.29, 0.717) is 12.2 Å². The minimum absolute atomic E-state index is 0.118. The molecule has 1 aromatic heterocycles. The predicted octanol–water partition coefficient (Wildman–Crippen LogP) is 3.65. The number of hydrogen-bond donors (Lipinski definition) is 2. The number of halogens is 1. The van der Waals surface area contributed by atoms with Crippen LogP contribution in [0.25, 0.3) is 0 Å². The van der Waals surface area contributed by atoms with Crippen LogP contribution < -0.4 is 5.32 Å². The van der Waals surface area contributed by atoms with E-state index in [4.69, 9.17) is 0 Å². The molecule has 118 valence electrons. The zero-order chi connectivity index (χ0) is 15.5. The van der Waals surface area contributed by atoms with Gasteiger partial charge in [0, 0.05) is 23.3 Å². The Morgan fingerprint density at radius 1 is 1.38 bits per heavy atom. The molecular formula is C16H25BrN2O2. The number of rotatable bonds is 4. The molecule has 0 aromatic carbocycles. The Morgan fingerprint density at radius 3 is 2.57 bits per heavy atom. The average Bonchev–Trinajstić information content (AvgIpc) is 2.69. The summed E-state index contributed by atoms with van der Waals surface area (Å²) in [6.45, 7) is 4.43. The third kappa shape index (κ3) is 4.33. The van der Waals surface area contributed by atoms with Crippen LogP contribution in [0.2, 0.25) is 0 Å². The van der Waals surface area contributed by atoms with E-state index in [0.717, 1.165) is 30.2 Å². The Hall–Kier alpha value is -0.810. The molecule has 0 spiro atoms. The van der Waals surface area contributed by atoms with Crippen LogP contribution in [0, 0.1) is 0 Å². The van der Waals surface area contributed by atoms with E-state index in [1.165, 1.54) is 12.8 Å². The second-order valence-electron chi connectivity index (χ2n) is 6.37. The van der Waals surface area contributed by atoms with Gasteiger partial charge in [0.2, 0.25) is 0 Å². The van der Waals surface area contributed by atoms with Crippen LogP contribution in [0.4, 0.5) is 0 Å². The van der Waals surface area contributed by atoms with Crippen molar-refractivity contribution in [3.05, 3.63) is 22.4 Å². The molecule has 1 aliphatic rings. The highest BCUT2D eigenvalue weighted by molar-refractivity contribution is 9.10. The van der Waals surface area contributed by atoms with Gasteiger partial charge in [-0.2, -0.15) is 0 Å². The van der Waals surface area contributed by atoms with E-state index in [1.54, 1.807) is 0 Å². The summed E-state index contributed by atoms with van der Waals surface area (Å²) in [5.74, 6) is -0.118. The minimum atomic E-state index is -0.737. The molecule has 2 rings (SSSR count). The number of carbonyl (C=O) groups is 1. The molecule has 1 amide bonds. The maximum Gasteiger partial charge on any atom is 0.268 e. The summed E-state index contributed by atoms with van der Waals surface area (Å²) in [4.78, 5) is 12.4. The molecule has 0 atom stereocenters. The summed E-state index contributed by atoms with van der Waals surface area (Å²) >= 11 is 3.42. The summed E-state index contributed by atoms with van der Waals surface area (Å²) < 4.78 is 2.84. The van der Waals surface area contributed by atoms with Crippen LogP contribution in [0.5, 0.6) is 0 Å². The van der Waals surface area contributed by atoms with Gasteiger partial charge >= 0.3 is 0 Å². The summed E-state index contributed by atoms with van der Waals surface area (Å²) in [7, 11) is 0. The Labute approximate surface area is 135 Å². The average molecular weight is 357 g/mol. The molecule has 0 saturated heterocycles. The predicted molar refractivity (Wildman–Crippen MR) is 87.5 cm³/mol. The van der Waals surface area contributed by atoms with Crippen LogP contribution in [0.3, 0.4) is 0 Å². The number of carbonyl (C=O) groups excluding carboxylic acids is 1. The highest BCUT2D eigenvalue weighted by Crippen LogP contribution is 2.26. The van der Waals surface area contributed by atoms with Gasteiger partial charge in [-0.15, -0.1) is 0 Å². The quantitative estimate of drug-likeness (QED) is 0.809. The van der Waals surface area contributed by atoms with Gasteiger partial charge in [-0.05, 0) is 48.7 Å². The van der Waals surface area contributed by atoms with Gasteiger partial charge in [0.15, 0.2) is 0 Å². The Balaban J connectivity index is 2.01. The fourth-order valence-electron chi connectivity index (χ4n) is 2.95. The normalized spacial score (nSPS) is 18.5. The van der Waals surface area contributed by atoms with E-state index < -0.39 is 5.60 Å². The van der Waals surface area contributed by atoms with Gasteiger partial charge in [0.25, 0.3) is 5.91 Å². The lowest BCUT2D eigenvalue weighted by Gasteiger charge is -2.27. The van der Waals surface area contributed by atoms with Gasteiger partial charge in [-0.25, -0.2) is 0 Å². The van der Waals surface area contributed by atoms with E-state index in [2.05, 4.69) is 21.2 Å². The van der Waals surface area contributed by atoms with Crippen LogP contribution >= 0.6 is 15.9 Å². The van der Waals surface area contributed by atoms with Gasteiger partial charge in [0.05, 0.1) is 5.60 Å². The lowest BCUT2D eigenvalue weighted by molar-refractivity contribution is 0.0245. The van der Waals surface area contributed by atoms with Crippen molar-refractivity contribution < 1.29 is 9.90 Å². The van der Waals surface area contributed by atoms with E-state index in [1.807, 2.05) is 30.7 Å². The monoisotopic (exact) mass is 356 g/mol. The van der Waals surface area contributed by atoms with Crippen LogP contribution in [0.1, 0.15) is 68.9 Å². The molecular weight excluding hydrogens is 332 g/mol. The summed E-state index contributed by atoms with van der Waals surface area (Å²) in [5.41, 5.74) is -0.104. The maximum atomic E-state index is 12.4. The van der Waals surface area contributed by atoms with Crippen molar-refractivity contribution in [2.45, 2.75) is 64.0 Å². The standard InChI is InChI=1S/C16H25BrN2O2/c1-12(2)19-10-13(17)9-14(19)15(20)18-11-16(21)7-5-3-4-6-8-16/h9-10,12,21H,3-8,11H2,1-2H3,(H,18,20). The lowest BCUT2D eigenvalue weighted by Crippen LogP contribution is -2.43. The highest BCUT2D eigenvalue weighted by Gasteiger charge is 2.29. The number of aliphatic hydroxyl groups is 1. The highest BCUT2D eigenvalue weighted by atomic mass is 79.9. The van der Waals surface area contributed by atoms with Gasteiger partial charge < -0.3 is 15.0 Å². The molecule has 1 saturated carbocycles. The zero-order valence-corrected chi connectivity index (χ0v) is 14.4. The van der Waals surface area contributed by atoms with Gasteiger partial charge in [-0.3, -0.25) is 4.79 Å². The Bertz CT molecular complexity index is 488. The van der Waals surface area contributed by atoms with Crippen LogP contribution in [0.15, 0.2) is 16.7 Å². The van der Waals surface area contributed by atoms with Crippen LogP contribution in [-0.2, 0) is 0 Å². The van der Waals surface area contributed by atoms with Gasteiger partial charge in [-0.1, -0.05) is 25.7 Å². The van der Waals surface area contributed by atoms with Crippen molar-refractivity contribution in [3.8, 4) is 0 Å². The SMILES string of the molecule is CC(C)n1cc(Br)cc1C(=O)NCC1(O)CCCCCC1. The first-order chi connectivity index (χ1) is 9.91. The topological polar surface area (TPSA) is 54.3 Å². The second kappa shape index (κ2) is 6.97. The molecule has 0 bridgehead atoms. The van der Waals surface area contributed by atoms with Crippen molar-refractivity contribution >= 4 is 21.8 Å². The lowest BCUT2D eigenvalue weighted by atomic mass is 9.94. The molecule has 1 heterocycles. The smallest absolute Gasteiger partial charge is 0.268 e. The first-order valence-electron chi connectivity index (χ1n) is 7.79. The molecule has 1 aromatic rings. The number of nitrogens with one attached hydrogen (secondary N) is 1. The zero-order valence-electron chi connectivity index (χ0n) is 12.9. The molecule has 0 unspecified atom stereocenters. The number of hydrogen-bond acceptors (Lipinski definition) is 2. The maximum absolute atomic E-state index is 12.4. The first kappa shape index (κ1) is 16.6. The third-order valence-corrected chi connectivity index (χ3v) is 4.65. The molecule has 1 fully saturated rings. The summed E-state index contributed by atoms with van der Waals surface area (Å²) in [5, 5.41) is 13.5. The Morgan fingerprint density at radius 2 is 2.00 bits per heavy atom. The largest absolute Gasteiger partial charge is 0.388 e. The molecule has 2 N–H and O–H groups in total. The van der Waals surface area contributed by atoms with Crippen molar-refractivity contribution in [1.82, 2.24) is 9.88 Å². The Kier molecular flexibility index (Phi) is 5.49. The third-order valence-electron chi connectivity index (χ3n) is 4.22. The molecule has 0 radical (unpaired) electrons. The number of aromatic nitrogens is 1. The van der Waals surface area contributed by atoms with E-state index in [-0.39, 0.29) is 11.9 Å². The molecule has 21 heavy (non-hydrogen) atoms. The van der Waals surface area contributed by atoms with E-state index in [9.17, 15) is 9.90 Å². The fourth-order valence-corrected chi connectivity index (χ4v) is 3.39. The second-order valence-corrected chi connectivity index (χ2v) is 7.28. The molecule has 4 nitrogen and oxygen atoms in total. The van der Waals surface area contributed by atoms with Crippen molar-refractivity contribution in [2.75, 3.05) is 6.54 Å². The fraction of sp³-hybridized carbons (Fsp3) is 0.688. The molecule has 0 aliphatic heterocycles. The summed E-state index contributed by atoms with van der Waals surface area (Å²) in [6.07, 6.45) is 7.92. The first-order valence-corrected chi connectivity index (χ1v) is 8.58. The number of nitrogens with zero attached hydrogens (tertiary/aromatic N) is 1. The summed E-state index contributed by atoms with van der Waals surface area (Å²) in [6, 6.07) is 2.05. The van der Waals surface area contributed by atoms with Crippen molar-refractivity contribution in [2.24, 2.45) is 0 Å². The van der Waals surface area contributed by atoms with Gasteiger partial charge in [0.1, 0.15) is 5.69 Å². The van der Waals surface area contributed by atoms with Crippen molar-refractivity contribution in [1.29, 1.82) is 0 Å².